The van der Waals surface area contributed by atoms with E-state index < -0.39 is 18.2 Å². The second kappa shape index (κ2) is 5.36. The molecule has 16 heavy (non-hydrogen) atoms. The third kappa shape index (κ3) is 3.24. The number of aliphatic hydroxyl groups is 1. The Morgan fingerprint density at radius 1 is 1.44 bits per heavy atom. The second-order valence-corrected chi connectivity index (χ2v) is 3.73. The van der Waals surface area contributed by atoms with Crippen molar-refractivity contribution < 1.29 is 13.9 Å². The van der Waals surface area contributed by atoms with Crippen LogP contribution in [0, 0.1) is 6.92 Å². The van der Waals surface area contributed by atoms with Gasteiger partial charge in [-0.3, -0.25) is 0 Å². The number of aromatic nitrogens is 2. The van der Waals surface area contributed by atoms with Crippen molar-refractivity contribution in [2.75, 3.05) is 11.9 Å². The van der Waals surface area contributed by atoms with Crippen LogP contribution in [0.5, 0.6) is 0 Å². The number of nitrogens with zero attached hydrogens (tertiary/aromatic N) is 2. The number of anilines is 1. The van der Waals surface area contributed by atoms with Crippen molar-refractivity contribution in [2.24, 2.45) is 0 Å². The number of rotatable bonds is 4. The average Bonchev–Trinajstić information content (AvgIpc) is 2.18. The molecule has 4 nitrogen and oxygen atoms in total. The molecule has 1 rings (SSSR count). The van der Waals surface area contributed by atoms with Gasteiger partial charge in [0.15, 0.2) is 0 Å². The first-order chi connectivity index (χ1) is 7.41. The van der Waals surface area contributed by atoms with E-state index in [-0.39, 0.29) is 23.2 Å². The molecule has 90 valence electrons. The smallest absolute Gasteiger partial charge is 0.282 e. The third-order valence-corrected chi connectivity index (χ3v) is 2.13. The number of aliphatic hydroxyl groups excluding tert-OH is 1. The summed E-state index contributed by atoms with van der Waals surface area (Å²) in [6, 6.07) is 0. The van der Waals surface area contributed by atoms with Gasteiger partial charge in [-0.05, 0) is 13.8 Å². The molecule has 0 radical (unpaired) electrons. The molecule has 0 spiro atoms. The summed E-state index contributed by atoms with van der Waals surface area (Å²) in [5, 5.41) is 11.5. The van der Waals surface area contributed by atoms with Crippen LogP contribution < -0.4 is 5.32 Å². The Bertz CT molecular complexity index is 374. The molecule has 0 saturated carbocycles. The van der Waals surface area contributed by atoms with Gasteiger partial charge in [0.25, 0.3) is 6.43 Å². The van der Waals surface area contributed by atoms with E-state index in [4.69, 9.17) is 16.7 Å². The lowest BCUT2D eigenvalue weighted by Crippen LogP contribution is -2.17. The molecule has 0 aliphatic heterocycles. The first kappa shape index (κ1) is 13.1. The quantitative estimate of drug-likeness (QED) is 0.861. The fourth-order valence-electron chi connectivity index (χ4n) is 1.09. The molecule has 0 aromatic carbocycles. The SMILES string of the molecule is Cc1nc(NCC(C)O)c(Cl)c(C(F)F)n1. The lowest BCUT2D eigenvalue weighted by Gasteiger charge is -2.12. The van der Waals surface area contributed by atoms with Crippen LogP contribution in [-0.4, -0.2) is 27.7 Å². The first-order valence-corrected chi connectivity index (χ1v) is 5.03. The van der Waals surface area contributed by atoms with Crippen LogP contribution >= 0.6 is 11.6 Å². The number of alkyl halides is 2. The molecule has 7 heteroatoms. The van der Waals surface area contributed by atoms with Crippen LogP contribution in [0.15, 0.2) is 0 Å². The molecule has 1 atom stereocenters. The number of hydrogen-bond donors (Lipinski definition) is 2. The molecule has 0 fully saturated rings. The second-order valence-electron chi connectivity index (χ2n) is 3.35. The minimum Gasteiger partial charge on any atom is -0.392 e. The van der Waals surface area contributed by atoms with Gasteiger partial charge < -0.3 is 10.4 Å². The molecule has 0 amide bonds. The predicted molar refractivity (Wildman–Crippen MR) is 56.9 cm³/mol. The highest BCUT2D eigenvalue weighted by molar-refractivity contribution is 6.33. The minimum atomic E-state index is -2.75. The molecule has 0 bridgehead atoms. The highest BCUT2D eigenvalue weighted by Gasteiger charge is 2.18. The van der Waals surface area contributed by atoms with Crippen LogP contribution in [0.4, 0.5) is 14.6 Å². The van der Waals surface area contributed by atoms with Gasteiger partial charge in [0.2, 0.25) is 0 Å². The standard InChI is InChI=1S/C9H12ClF2N3O/c1-4(16)3-13-9-6(10)7(8(11)12)14-5(2)15-9/h4,8,16H,3H2,1-2H3,(H,13,14,15). The Labute approximate surface area is 96.7 Å². The van der Waals surface area contributed by atoms with Gasteiger partial charge in [-0.15, -0.1) is 0 Å². The maximum Gasteiger partial charge on any atom is 0.282 e. The number of nitrogens with one attached hydrogen (secondary N) is 1. The van der Waals surface area contributed by atoms with Crippen molar-refractivity contribution in [1.29, 1.82) is 0 Å². The lowest BCUT2D eigenvalue weighted by atomic mass is 10.3. The molecule has 0 aliphatic rings. The zero-order valence-electron chi connectivity index (χ0n) is 8.84. The maximum absolute atomic E-state index is 12.5. The largest absolute Gasteiger partial charge is 0.392 e. The highest BCUT2D eigenvalue weighted by atomic mass is 35.5. The monoisotopic (exact) mass is 251 g/mol. The fourth-order valence-corrected chi connectivity index (χ4v) is 1.32. The lowest BCUT2D eigenvalue weighted by molar-refractivity contribution is 0.146. The molecule has 1 unspecified atom stereocenters. The van der Waals surface area contributed by atoms with E-state index in [1.165, 1.54) is 6.92 Å². The van der Waals surface area contributed by atoms with Crippen molar-refractivity contribution in [1.82, 2.24) is 9.97 Å². The van der Waals surface area contributed by atoms with Crippen LogP contribution in [0.2, 0.25) is 5.02 Å². The van der Waals surface area contributed by atoms with Crippen LogP contribution in [0.25, 0.3) is 0 Å². The molecular formula is C9H12ClF2N3O. The van der Waals surface area contributed by atoms with Crippen molar-refractivity contribution in [3.8, 4) is 0 Å². The summed E-state index contributed by atoms with van der Waals surface area (Å²) >= 11 is 5.71. The Morgan fingerprint density at radius 3 is 2.56 bits per heavy atom. The Morgan fingerprint density at radius 2 is 2.06 bits per heavy atom. The Kier molecular flexibility index (Phi) is 4.37. The molecule has 1 aromatic heterocycles. The van der Waals surface area contributed by atoms with Crippen molar-refractivity contribution in [2.45, 2.75) is 26.4 Å². The van der Waals surface area contributed by atoms with Crippen molar-refractivity contribution in [3.05, 3.63) is 16.5 Å². The van der Waals surface area contributed by atoms with Gasteiger partial charge in [0, 0.05) is 6.54 Å². The summed E-state index contributed by atoms with van der Waals surface area (Å²) in [5.41, 5.74) is -0.498. The van der Waals surface area contributed by atoms with Gasteiger partial charge in [-0.1, -0.05) is 11.6 Å². The van der Waals surface area contributed by atoms with E-state index in [0.717, 1.165) is 0 Å². The highest BCUT2D eigenvalue weighted by Crippen LogP contribution is 2.29. The third-order valence-electron chi connectivity index (χ3n) is 1.76. The molecule has 0 aliphatic carbocycles. The van der Waals surface area contributed by atoms with Crippen LogP contribution in [-0.2, 0) is 0 Å². The van der Waals surface area contributed by atoms with E-state index in [0.29, 0.717) is 0 Å². The summed E-state index contributed by atoms with van der Waals surface area (Å²) < 4.78 is 25.1. The normalized spacial score (nSPS) is 12.9. The van der Waals surface area contributed by atoms with E-state index >= 15 is 0 Å². The summed E-state index contributed by atoms with van der Waals surface area (Å²) in [4.78, 5) is 7.45. The molecule has 1 heterocycles. The zero-order valence-corrected chi connectivity index (χ0v) is 9.59. The number of aryl methyl sites for hydroxylation is 1. The van der Waals surface area contributed by atoms with Crippen molar-refractivity contribution >= 4 is 17.4 Å². The van der Waals surface area contributed by atoms with Gasteiger partial charge in [0.1, 0.15) is 22.4 Å². The summed E-state index contributed by atoms with van der Waals surface area (Å²) in [6.45, 7) is 3.23. The fraction of sp³-hybridized carbons (Fsp3) is 0.556. The van der Waals surface area contributed by atoms with Crippen LogP contribution in [0.3, 0.4) is 0 Å². The molecule has 1 aromatic rings. The van der Waals surface area contributed by atoms with E-state index in [9.17, 15) is 8.78 Å². The molecule has 2 N–H and O–H groups in total. The summed E-state index contributed by atoms with van der Waals surface area (Å²) in [6.07, 6.45) is -3.37. The zero-order chi connectivity index (χ0) is 12.3. The van der Waals surface area contributed by atoms with Gasteiger partial charge >= 0.3 is 0 Å². The maximum atomic E-state index is 12.5. The number of halogens is 3. The van der Waals surface area contributed by atoms with Crippen molar-refractivity contribution in [3.63, 3.8) is 0 Å². The average molecular weight is 252 g/mol. The van der Waals surface area contributed by atoms with E-state index in [1.54, 1.807) is 6.92 Å². The Balaban J connectivity index is 2.99. The molecule has 0 saturated heterocycles. The summed E-state index contributed by atoms with van der Waals surface area (Å²) in [7, 11) is 0. The van der Waals surface area contributed by atoms with Gasteiger partial charge in [0.05, 0.1) is 6.10 Å². The van der Waals surface area contributed by atoms with E-state index in [1.807, 2.05) is 0 Å². The topological polar surface area (TPSA) is 58.0 Å². The van der Waals surface area contributed by atoms with Gasteiger partial charge in [-0.25, -0.2) is 18.7 Å². The van der Waals surface area contributed by atoms with E-state index in [2.05, 4.69) is 15.3 Å². The van der Waals surface area contributed by atoms with Gasteiger partial charge in [-0.2, -0.15) is 0 Å². The summed E-state index contributed by atoms with van der Waals surface area (Å²) in [5.74, 6) is 0.318. The molecular weight excluding hydrogens is 240 g/mol. The first-order valence-electron chi connectivity index (χ1n) is 4.66. The van der Waals surface area contributed by atoms with Crippen LogP contribution in [0.1, 0.15) is 24.9 Å². The number of hydrogen-bond acceptors (Lipinski definition) is 4. The predicted octanol–water partition coefficient (Wildman–Crippen LogP) is 2.17. The minimum absolute atomic E-state index is 0.116. The Hall–Kier alpha value is -1.01.